The number of nitro benzene ring substituents is 1. The molecule has 0 saturated heterocycles. The molecule has 30 heavy (non-hydrogen) atoms. The summed E-state index contributed by atoms with van der Waals surface area (Å²) in [6.07, 6.45) is 4.53. The first-order chi connectivity index (χ1) is 14.2. The van der Waals surface area contributed by atoms with Crippen LogP contribution in [0.4, 0.5) is 10.7 Å². The van der Waals surface area contributed by atoms with E-state index in [0.717, 1.165) is 24.8 Å². The number of nitrogens with zero attached hydrogens (tertiary/aromatic N) is 3. The number of thioether (sulfide) groups is 1. The van der Waals surface area contributed by atoms with Crippen molar-refractivity contribution in [2.24, 2.45) is 16.3 Å². The van der Waals surface area contributed by atoms with Gasteiger partial charge in [0, 0.05) is 22.9 Å². The summed E-state index contributed by atoms with van der Waals surface area (Å²) in [6, 6.07) is 7.25. The third-order valence-corrected chi connectivity index (χ3v) is 7.65. The Morgan fingerprint density at radius 1 is 1.47 bits per heavy atom. The number of hydrogen-bond donors (Lipinski definition) is 1. The fourth-order valence-electron chi connectivity index (χ4n) is 3.69. The predicted octanol–water partition coefficient (Wildman–Crippen LogP) is 5.51. The maximum Gasteiger partial charge on any atom is 0.283 e. The normalized spacial score (nSPS) is 16.4. The summed E-state index contributed by atoms with van der Waals surface area (Å²) < 4.78 is 0. The van der Waals surface area contributed by atoms with Gasteiger partial charge in [0.25, 0.3) is 5.69 Å². The number of fused-ring (bicyclic) bond motifs is 1. The molecule has 8 heteroatoms. The van der Waals surface area contributed by atoms with Crippen molar-refractivity contribution in [3.63, 3.8) is 0 Å². The molecule has 1 atom stereocenters. The van der Waals surface area contributed by atoms with E-state index in [2.05, 4.69) is 31.8 Å². The molecule has 0 fully saturated rings. The van der Waals surface area contributed by atoms with Gasteiger partial charge in [0.2, 0.25) is 0 Å². The lowest BCUT2D eigenvalue weighted by Gasteiger charge is -2.33. The van der Waals surface area contributed by atoms with E-state index in [4.69, 9.17) is 5.11 Å². The highest BCUT2D eigenvalue weighted by Gasteiger charge is 2.32. The van der Waals surface area contributed by atoms with Crippen LogP contribution in [0, 0.1) is 32.8 Å². The summed E-state index contributed by atoms with van der Waals surface area (Å²) in [6.45, 7) is 6.74. The van der Waals surface area contributed by atoms with Crippen molar-refractivity contribution in [2.75, 3.05) is 12.4 Å². The summed E-state index contributed by atoms with van der Waals surface area (Å²) in [4.78, 5) is 17.3. The Balaban J connectivity index is 1.88. The van der Waals surface area contributed by atoms with E-state index in [1.54, 1.807) is 29.7 Å². The zero-order valence-corrected chi connectivity index (χ0v) is 19.0. The standard InChI is InChI=1S/C22H25N3O3S2/c1-22(2,3)15-5-6-16-17(12-23)21(30-20(16)11-15)24-13-14-4-7-19(29-9-8-26)18(10-14)25(27)28/h4,7,10,13,15,26H,5-6,8-9,11H2,1-3H3/t15-/m1/s1. The molecule has 1 aromatic carbocycles. The molecule has 6 nitrogen and oxygen atoms in total. The second kappa shape index (κ2) is 9.29. The summed E-state index contributed by atoms with van der Waals surface area (Å²) in [7, 11) is 0. The van der Waals surface area contributed by atoms with Gasteiger partial charge in [0.1, 0.15) is 11.1 Å². The molecule has 0 bridgehead atoms. The molecule has 1 aliphatic rings. The molecule has 0 spiro atoms. The lowest BCUT2D eigenvalue weighted by Crippen LogP contribution is -2.26. The molecule has 0 radical (unpaired) electrons. The van der Waals surface area contributed by atoms with E-state index in [1.165, 1.54) is 22.7 Å². The Morgan fingerprint density at radius 3 is 2.87 bits per heavy atom. The zero-order chi connectivity index (χ0) is 21.9. The molecule has 1 aromatic heterocycles. The summed E-state index contributed by atoms with van der Waals surface area (Å²) in [5.74, 6) is 0.981. The molecule has 0 amide bonds. The number of nitriles is 1. The average Bonchev–Trinajstić information content (AvgIpc) is 3.06. The third-order valence-electron chi connectivity index (χ3n) is 5.44. The molecule has 1 aliphatic carbocycles. The Labute approximate surface area is 184 Å². The van der Waals surface area contributed by atoms with Crippen molar-refractivity contribution >= 4 is 40.0 Å². The van der Waals surface area contributed by atoms with Crippen LogP contribution in [0.2, 0.25) is 0 Å². The Hall–Kier alpha value is -2.21. The van der Waals surface area contributed by atoms with Crippen molar-refractivity contribution < 1.29 is 10.0 Å². The van der Waals surface area contributed by atoms with Crippen LogP contribution in [-0.4, -0.2) is 28.6 Å². The monoisotopic (exact) mass is 443 g/mol. The molecule has 2 aromatic rings. The van der Waals surface area contributed by atoms with E-state index in [0.29, 0.717) is 32.7 Å². The van der Waals surface area contributed by atoms with E-state index in [-0.39, 0.29) is 17.7 Å². The highest BCUT2D eigenvalue weighted by Crippen LogP contribution is 2.44. The lowest BCUT2D eigenvalue weighted by atomic mass is 9.72. The van der Waals surface area contributed by atoms with Crippen LogP contribution in [0.3, 0.4) is 0 Å². The number of benzene rings is 1. The fraction of sp³-hybridized carbons (Fsp3) is 0.455. The van der Waals surface area contributed by atoms with E-state index < -0.39 is 4.92 Å². The minimum atomic E-state index is -0.422. The van der Waals surface area contributed by atoms with Crippen LogP contribution >= 0.6 is 23.1 Å². The fourth-order valence-corrected chi connectivity index (χ4v) is 5.66. The number of aliphatic imine (C=N–C) groups is 1. The van der Waals surface area contributed by atoms with Crippen LogP contribution in [-0.2, 0) is 12.8 Å². The summed E-state index contributed by atoms with van der Waals surface area (Å²) in [5.41, 5.74) is 2.60. The smallest absolute Gasteiger partial charge is 0.283 e. The number of aliphatic hydroxyl groups excluding tert-OH is 1. The van der Waals surface area contributed by atoms with E-state index >= 15 is 0 Å². The van der Waals surface area contributed by atoms with E-state index in [1.807, 2.05) is 0 Å². The van der Waals surface area contributed by atoms with Gasteiger partial charge < -0.3 is 5.11 Å². The summed E-state index contributed by atoms with van der Waals surface area (Å²) >= 11 is 2.81. The van der Waals surface area contributed by atoms with Gasteiger partial charge in [-0.2, -0.15) is 5.26 Å². The number of thiophene rings is 1. The Morgan fingerprint density at radius 2 is 2.23 bits per heavy atom. The van der Waals surface area contributed by atoms with Crippen molar-refractivity contribution in [1.29, 1.82) is 5.26 Å². The Kier molecular flexibility index (Phi) is 6.96. The van der Waals surface area contributed by atoms with Crippen molar-refractivity contribution in [2.45, 2.75) is 44.9 Å². The number of hydrogen-bond acceptors (Lipinski definition) is 7. The topological polar surface area (TPSA) is 99.5 Å². The maximum absolute atomic E-state index is 11.4. The van der Waals surface area contributed by atoms with Gasteiger partial charge in [0.05, 0.1) is 22.0 Å². The first-order valence-corrected chi connectivity index (χ1v) is 11.7. The molecule has 0 unspecified atom stereocenters. The van der Waals surface area contributed by atoms with Crippen LogP contribution in [0.5, 0.6) is 0 Å². The molecule has 0 saturated carbocycles. The average molecular weight is 444 g/mol. The molecule has 1 heterocycles. The SMILES string of the molecule is CC(C)(C)[C@@H]1CCc2c(sc(N=Cc3ccc(SCCO)c([N+](=O)[O-])c3)c2C#N)C1. The molecular weight excluding hydrogens is 418 g/mol. The molecular formula is C22H25N3O3S2. The minimum Gasteiger partial charge on any atom is -0.396 e. The largest absolute Gasteiger partial charge is 0.396 e. The lowest BCUT2D eigenvalue weighted by molar-refractivity contribution is -0.387. The van der Waals surface area contributed by atoms with Gasteiger partial charge in [-0.1, -0.05) is 26.8 Å². The van der Waals surface area contributed by atoms with Gasteiger partial charge in [-0.3, -0.25) is 10.1 Å². The highest BCUT2D eigenvalue weighted by molar-refractivity contribution is 7.99. The van der Waals surface area contributed by atoms with Gasteiger partial charge in [-0.25, -0.2) is 4.99 Å². The first kappa shape index (κ1) is 22.5. The maximum atomic E-state index is 11.4. The first-order valence-electron chi connectivity index (χ1n) is 9.85. The van der Waals surface area contributed by atoms with Crippen LogP contribution in [0.1, 0.15) is 48.8 Å². The van der Waals surface area contributed by atoms with Gasteiger partial charge in [-0.05, 0) is 47.8 Å². The Bertz CT molecular complexity index is 1020. The second-order valence-electron chi connectivity index (χ2n) is 8.42. The third kappa shape index (κ3) is 4.91. The number of aliphatic hydroxyl groups is 1. The quantitative estimate of drug-likeness (QED) is 0.274. The second-order valence-corrected chi connectivity index (χ2v) is 10.6. The van der Waals surface area contributed by atoms with Crippen LogP contribution in [0.15, 0.2) is 28.1 Å². The minimum absolute atomic E-state index is 0.00333. The number of nitro groups is 1. The van der Waals surface area contributed by atoms with Crippen molar-refractivity contribution in [3.8, 4) is 6.07 Å². The van der Waals surface area contributed by atoms with Crippen molar-refractivity contribution in [3.05, 3.63) is 49.9 Å². The van der Waals surface area contributed by atoms with Gasteiger partial charge >= 0.3 is 0 Å². The zero-order valence-electron chi connectivity index (χ0n) is 17.3. The van der Waals surface area contributed by atoms with E-state index in [9.17, 15) is 15.4 Å². The molecule has 0 aliphatic heterocycles. The molecule has 1 N–H and O–H groups in total. The van der Waals surface area contributed by atoms with Crippen LogP contribution < -0.4 is 0 Å². The van der Waals surface area contributed by atoms with Crippen LogP contribution in [0.25, 0.3) is 0 Å². The van der Waals surface area contributed by atoms with Gasteiger partial charge in [0.15, 0.2) is 0 Å². The van der Waals surface area contributed by atoms with Crippen molar-refractivity contribution in [1.82, 2.24) is 0 Å². The summed E-state index contributed by atoms with van der Waals surface area (Å²) in [5, 5.41) is 30.7. The highest BCUT2D eigenvalue weighted by atomic mass is 32.2. The predicted molar refractivity (Wildman–Crippen MR) is 122 cm³/mol. The number of rotatable bonds is 6. The van der Waals surface area contributed by atoms with Gasteiger partial charge in [-0.15, -0.1) is 23.1 Å². The molecule has 3 rings (SSSR count). The molecule has 158 valence electrons.